The van der Waals surface area contributed by atoms with Crippen LogP contribution in [0.1, 0.15) is 40.3 Å². The monoisotopic (exact) mass is 457 g/mol. The summed E-state index contributed by atoms with van der Waals surface area (Å²) in [6.07, 6.45) is -0.154. The molecule has 1 atom stereocenters. The van der Waals surface area contributed by atoms with Crippen LogP contribution in [0.4, 0.5) is 0 Å². The Kier molecular flexibility index (Phi) is 7.88. The summed E-state index contributed by atoms with van der Waals surface area (Å²) < 4.78 is 13.3. The molecule has 166 valence electrons. The number of aliphatic hydroxyl groups is 1. The van der Waals surface area contributed by atoms with E-state index in [1.807, 2.05) is 58.6 Å². The first-order valence-corrected chi connectivity index (χ1v) is 12.0. The van der Waals surface area contributed by atoms with E-state index in [9.17, 15) is 5.11 Å². The molecule has 0 aliphatic heterocycles. The second-order valence-corrected chi connectivity index (χ2v) is 11.6. The molecule has 0 aliphatic carbocycles. The van der Waals surface area contributed by atoms with Crippen LogP contribution >= 0.6 is 12.2 Å². The lowest BCUT2D eigenvalue weighted by molar-refractivity contribution is -0.0786. The zero-order valence-corrected chi connectivity index (χ0v) is 20.6. The lowest BCUT2D eigenvalue weighted by Gasteiger charge is -2.37. The van der Waals surface area contributed by atoms with E-state index in [0.717, 1.165) is 28.8 Å². The Morgan fingerprint density at radius 2 is 1.68 bits per heavy atom. The fourth-order valence-corrected chi connectivity index (χ4v) is 4.33. The SMILES string of the molecule is CC(C)(C)C(C)(C)[Si]OC[C@H](O)Cc1cc2ccccc2n1SOOc1ccccc1. The number of para-hydroxylation sites is 2. The molecule has 2 aromatic carbocycles. The van der Waals surface area contributed by atoms with E-state index in [1.165, 1.54) is 0 Å². The maximum absolute atomic E-state index is 10.6. The maximum atomic E-state index is 10.6. The lowest BCUT2D eigenvalue weighted by Crippen LogP contribution is -2.32. The maximum Gasteiger partial charge on any atom is 0.236 e. The van der Waals surface area contributed by atoms with Crippen LogP contribution in [0, 0.1) is 5.41 Å². The largest absolute Gasteiger partial charge is 0.414 e. The van der Waals surface area contributed by atoms with Crippen molar-refractivity contribution in [3.05, 3.63) is 66.4 Å². The predicted molar refractivity (Wildman–Crippen MR) is 128 cm³/mol. The van der Waals surface area contributed by atoms with Crippen LogP contribution in [0.3, 0.4) is 0 Å². The standard InChI is InChI=1S/C24H31NO4SSi/c1-23(2,3)24(4,5)31-27-17-20(26)16-19-15-18-11-9-10-14-22(18)25(19)30-29-28-21-12-7-6-8-13-21/h6-15,20,26H,16-17H2,1-5H3/t20-/m1/s1. The van der Waals surface area contributed by atoms with Gasteiger partial charge in [0.05, 0.1) is 18.2 Å². The first kappa shape index (κ1) is 23.9. The van der Waals surface area contributed by atoms with Crippen molar-refractivity contribution >= 4 is 32.9 Å². The van der Waals surface area contributed by atoms with Gasteiger partial charge in [0, 0.05) is 17.5 Å². The van der Waals surface area contributed by atoms with E-state index in [0.29, 0.717) is 28.5 Å². The fourth-order valence-electron chi connectivity index (χ4n) is 2.75. The average molecular weight is 458 g/mol. The quantitative estimate of drug-likeness (QED) is 0.179. The molecule has 0 amide bonds. The predicted octanol–water partition coefficient (Wildman–Crippen LogP) is 5.85. The summed E-state index contributed by atoms with van der Waals surface area (Å²) in [4.78, 5) is 5.38. The summed E-state index contributed by atoms with van der Waals surface area (Å²) in [5, 5.41) is 11.8. The van der Waals surface area contributed by atoms with Crippen molar-refractivity contribution in [2.75, 3.05) is 6.61 Å². The van der Waals surface area contributed by atoms with Gasteiger partial charge in [0.25, 0.3) is 0 Å². The van der Waals surface area contributed by atoms with Crippen LogP contribution in [0.5, 0.6) is 5.75 Å². The zero-order valence-electron chi connectivity index (χ0n) is 18.8. The molecule has 31 heavy (non-hydrogen) atoms. The highest BCUT2D eigenvalue weighted by Gasteiger charge is 2.34. The molecule has 0 aliphatic rings. The Balaban J connectivity index is 1.63. The van der Waals surface area contributed by atoms with Crippen LogP contribution in [-0.4, -0.2) is 31.6 Å². The van der Waals surface area contributed by atoms with Gasteiger partial charge in [-0.15, -0.1) is 0 Å². The zero-order chi connectivity index (χ0) is 22.5. The number of nitrogens with zero attached hydrogens (tertiary/aromatic N) is 1. The van der Waals surface area contributed by atoms with Crippen molar-refractivity contribution in [3.63, 3.8) is 0 Å². The molecule has 1 aromatic heterocycles. The number of aliphatic hydroxyl groups excluding tert-OH is 1. The number of hydrogen-bond donors (Lipinski definition) is 1. The van der Waals surface area contributed by atoms with E-state index >= 15 is 0 Å². The normalized spacial score (nSPS) is 13.5. The van der Waals surface area contributed by atoms with E-state index < -0.39 is 6.10 Å². The topological polar surface area (TPSA) is 52.9 Å². The molecule has 0 saturated carbocycles. The molecule has 7 heteroatoms. The Hall–Kier alpha value is -1.77. The van der Waals surface area contributed by atoms with Gasteiger partial charge in [-0.3, -0.25) is 3.97 Å². The lowest BCUT2D eigenvalue weighted by atomic mass is 9.82. The first-order chi connectivity index (χ1) is 14.7. The summed E-state index contributed by atoms with van der Waals surface area (Å²) in [5.41, 5.74) is 2.08. The van der Waals surface area contributed by atoms with Gasteiger partial charge < -0.3 is 14.4 Å². The minimum absolute atomic E-state index is 0.0418. The third-order valence-electron chi connectivity index (χ3n) is 5.64. The number of aromatic nitrogens is 1. The van der Waals surface area contributed by atoms with Gasteiger partial charge >= 0.3 is 0 Å². The van der Waals surface area contributed by atoms with Gasteiger partial charge in [-0.2, -0.15) is 0 Å². The highest BCUT2D eigenvalue weighted by molar-refractivity contribution is 7.93. The summed E-state index contributed by atoms with van der Waals surface area (Å²) in [5.74, 6) is 0.629. The van der Waals surface area contributed by atoms with Gasteiger partial charge in [0.1, 0.15) is 0 Å². The molecule has 0 bridgehead atoms. The van der Waals surface area contributed by atoms with Crippen molar-refractivity contribution < 1.29 is 18.8 Å². The van der Waals surface area contributed by atoms with Crippen molar-refractivity contribution in [1.29, 1.82) is 0 Å². The Morgan fingerprint density at radius 1 is 1.00 bits per heavy atom. The second-order valence-electron chi connectivity index (χ2n) is 9.17. The smallest absolute Gasteiger partial charge is 0.236 e. The summed E-state index contributed by atoms with van der Waals surface area (Å²) >= 11 is 1.10. The van der Waals surface area contributed by atoms with Crippen LogP contribution in [0.2, 0.25) is 5.04 Å². The molecule has 2 radical (unpaired) electrons. The van der Waals surface area contributed by atoms with Crippen LogP contribution < -0.4 is 4.89 Å². The van der Waals surface area contributed by atoms with E-state index in [4.69, 9.17) is 13.6 Å². The molecule has 3 rings (SSSR count). The number of fused-ring (bicyclic) bond motifs is 1. The van der Waals surface area contributed by atoms with Gasteiger partial charge in [0.15, 0.2) is 18.0 Å². The molecule has 1 N–H and O–H groups in total. The van der Waals surface area contributed by atoms with Crippen LogP contribution in [0.25, 0.3) is 10.9 Å². The second kappa shape index (κ2) is 10.2. The minimum atomic E-state index is -0.609. The first-order valence-electron chi connectivity index (χ1n) is 10.4. The van der Waals surface area contributed by atoms with Gasteiger partial charge in [0.2, 0.25) is 9.76 Å². The molecule has 0 unspecified atom stereocenters. The Bertz CT molecular complexity index is 969. The van der Waals surface area contributed by atoms with Gasteiger partial charge in [-0.05, 0) is 34.7 Å². The van der Waals surface area contributed by atoms with Gasteiger partial charge in [-0.1, -0.05) is 75.4 Å². The highest BCUT2D eigenvalue weighted by atomic mass is 32.2. The molecule has 1 heterocycles. The van der Waals surface area contributed by atoms with E-state index in [1.54, 1.807) is 0 Å². The summed E-state index contributed by atoms with van der Waals surface area (Å²) in [6.45, 7) is 11.4. The third-order valence-corrected chi connectivity index (χ3v) is 7.92. The minimum Gasteiger partial charge on any atom is -0.414 e. The Morgan fingerprint density at radius 3 is 2.39 bits per heavy atom. The van der Waals surface area contributed by atoms with Crippen molar-refractivity contribution in [2.24, 2.45) is 5.41 Å². The third kappa shape index (κ3) is 6.37. The molecular formula is C24H31NO4SSi. The molecule has 3 aromatic rings. The van der Waals surface area contributed by atoms with Gasteiger partial charge in [-0.25, -0.2) is 0 Å². The average Bonchev–Trinajstić information content (AvgIpc) is 3.05. The summed E-state index contributed by atoms with van der Waals surface area (Å²) in [7, 11) is 0.319. The van der Waals surface area contributed by atoms with Crippen molar-refractivity contribution in [3.8, 4) is 5.75 Å². The van der Waals surface area contributed by atoms with Crippen LogP contribution in [-0.2, 0) is 15.2 Å². The van der Waals surface area contributed by atoms with Crippen molar-refractivity contribution in [1.82, 2.24) is 3.97 Å². The molecular weight excluding hydrogens is 426 g/mol. The number of rotatable bonds is 10. The Labute approximate surface area is 191 Å². The number of hydrogen-bond acceptors (Lipinski definition) is 5. The van der Waals surface area contributed by atoms with E-state index in [-0.39, 0.29) is 10.5 Å². The molecule has 5 nitrogen and oxygen atoms in total. The summed E-state index contributed by atoms with van der Waals surface area (Å²) in [6, 6.07) is 19.5. The molecule has 0 saturated heterocycles. The van der Waals surface area contributed by atoms with E-state index in [2.05, 4.69) is 40.7 Å². The van der Waals surface area contributed by atoms with Crippen LogP contribution in [0.15, 0.2) is 60.7 Å². The fraction of sp³-hybridized carbons (Fsp3) is 0.417. The van der Waals surface area contributed by atoms with Crippen molar-refractivity contribution in [2.45, 2.75) is 52.2 Å². The molecule has 0 fully saturated rings. The highest BCUT2D eigenvalue weighted by Crippen LogP contribution is 2.43. The number of benzene rings is 2. The molecule has 0 spiro atoms.